The van der Waals surface area contributed by atoms with Crippen LogP contribution in [0.2, 0.25) is 0 Å². The topological polar surface area (TPSA) is 65.5 Å². The van der Waals surface area contributed by atoms with E-state index in [2.05, 4.69) is 10.3 Å². The Hall–Kier alpha value is -3.07. The lowest BCUT2D eigenvalue weighted by atomic mass is 10.2. The van der Waals surface area contributed by atoms with Crippen LogP contribution in [0.15, 0.2) is 36.4 Å². The van der Waals surface area contributed by atoms with Crippen molar-refractivity contribution < 1.29 is 18.4 Å². The molecule has 0 radical (unpaired) electrons. The number of urea groups is 1. The molecular formula is C19H16F2N4O2S. The van der Waals surface area contributed by atoms with Crippen LogP contribution in [0.3, 0.4) is 0 Å². The highest BCUT2D eigenvalue weighted by molar-refractivity contribution is 7.22. The number of fused-ring (bicyclic) bond motifs is 1. The number of nitrogens with zero attached hydrogens (tertiary/aromatic N) is 3. The average Bonchev–Trinajstić information content (AvgIpc) is 3.20. The van der Waals surface area contributed by atoms with Gasteiger partial charge in [0.05, 0.1) is 10.2 Å². The standard InChI is InChI=1S/C19H16F2N4O2S/c1-11-2-5-15-16(8-11)28-18(22-15)23-17(26)10-24-6-7-25(19(24)27)12-3-4-13(20)14(21)9-12/h2-5,8-9H,6-7,10H2,1H3,(H,22,23,26). The van der Waals surface area contributed by atoms with Crippen molar-refractivity contribution in [2.24, 2.45) is 0 Å². The van der Waals surface area contributed by atoms with Gasteiger partial charge >= 0.3 is 6.03 Å². The summed E-state index contributed by atoms with van der Waals surface area (Å²) in [7, 11) is 0. The minimum Gasteiger partial charge on any atom is -0.313 e. The second-order valence-electron chi connectivity index (χ2n) is 6.49. The summed E-state index contributed by atoms with van der Waals surface area (Å²) in [5.74, 6) is -2.36. The van der Waals surface area contributed by atoms with Gasteiger partial charge in [-0.25, -0.2) is 18.6 Å². The van der Waals surface area contributed by atoms with E-state index in [1.54, 1.807) is 0 Å². The molecule has 0 saturated carbocycles. The van der Waals surface area contributed by atoms with Crippen molar-refractivity contribution in [2.75, 3.05) is 29.9 Å². The summed E-state index contributed by atoms with van der Waals surface area (Å²) in [6, 6.07) is 8.68. The molecule has 0 atom stereocenters. The molecule has 4 rings (SSSR count). The molecule has 6 nitrogen and oxygen atoms in total. The molecule has 0 bridgehead atoms. The predicted octanol–water partition coefficient (Wildman–Crippen LogP) is 3.76. The second kappa shape index (κ2) is 7.16. The van der Waals surface area contributed by atoms with Crippen LogP contribution < -0.4 is 10.2 Å². The van der Waals surface area contributed by atoms with Gasteiger partial charge in [-0.1, -0.05) is 17.4 Å². The number of anilines is 2. The van der Waals surface area contributed by atoms with Gasteiger partial charge in [-0.2, -0.15) is 0 Å². The number of aryl methyl sites for hydroxylation is 1. The fourth-order valence-corrected chi connectivity index (χ4v) is 4.02. The lowest BCUT2D eigenvalue weighted by Crippen LogP contribution is -2.37. The first-order chi connectivity index (χ1) is 13.4. The van der Waals surface area contributed by atoms with E-state index < -0.39 is 17.7 Å². The third kappa shape index (κ3) is 3.53. The van der Waals surface area contributed by atoms with Gasteiger partial charge < -0.3 is 10.2 Å². The van der Waals surface area contributed by atoms with Gasteiger partial charge in [-0.15, -0.1) is 0 Å². The summed E-state index contributed by atoms with van der Waals surface area (Å²) in [6.07, 6.45) is 0. The summed E-state index contributed by atoms with van der Waals surface area (Å²) in [4.78, 5) is 31.9. The number of aromatic nitrogens is 1. The Morgan fingerprint density at radius 2 is 2.00 bits per heavy atom. The Morgan fingerprint density at radius 1 is 1.18 bits per heavy atom. The molecule has 28 heavy (non-hydrogen) atoms. The average molecular weight is 402 g/mol. The molecule has 0 unspecified atom stereocenters. The number of amides is 3. The Kier molecular flexibility index (Phi) is 4.68. The van der Waals surface area contributed by atoms with Crippen LogP contribution in [0.4, 0.5) is 24.4 Å². The Bertz CT molecular complexity index is 1080. The lowest BCUT2D eigenvalue weighted by molar-refractivity contribution is -0.116. The normalized spacial score (nSPS) is 14.2. The van der Waals surface area contributed by atoms with Gasteiger partial charge in [0.25, 0.3) is 0 Å². The van der Waals surface area contributed by atoms with Crippen LogP contribution in [0.5, 0.6) is 0 Å². The first kappa shape index (κ1) is 18.3. The molecule has 3 aromatic rings. The number of hydrogen-bond acceptors (Lipinski definition) is 4. The van der Waals surface area contributed by atoms with Crippen LogP contribution >= 0.6 is 11.3 Å². The van der Waals surface area contributed by atoms with E-state index in [9.17, 15) is 18.4 Å². The highest BCUT2D eigenvalue weighted by Gasteiger charge is 2.31. The third-order valence-electron chi connectivity index (χ3n) is 4.43. The second-order valence-corrected chi connectivity index (χ2v) is 7.52. The van der Waals surface area contributed by atoms with Crippen molar-refractivity contribution in [3.05, 3.63) is 53.6 Å². The van der Waals surface area contributed by atoms with Gasteiger partial charge in [-0.3, -0.25) is 9.69 Å². The minimum atomic E-state index is -1.02. The SMILES string of the molecule is Cc1ccc2nc(NC(=O)CN3CCN(c4ccc(F)c(F)c4)C3=O)sc2c1. The molecule has 2 aromatic carbocycles. The molecule has 3 amide bonds. The van der Waals surface area contributed by atoms with E-state index in [1.165, 1.54) is 27.2 Å². The number of carbonyl (C=O) groups is 2. The smallest absolute Gasteiger partial charge is 0.313 e. The molecule has 2 heterocycles. The molecule has 1 aromatic heterocycles. The number of hydrogen-bond donors (Lipinski definition) is 1. The molecule has 1 aliphatic heterocycles. The highest BCUT2D eigenvalue weighted by atomic mass is 32.1. The van der Waals surface area contributed by atoms with Crippen molar-refractivity contribution in [1.82, 2.24) is 9.88 Å². The zero-order valence-electron chi connectivity index (χ0n) is 14.9. The van der Waals surface area contributed by atoms with E-state index >= 15 is 0 Å². The van der Waals surface area contributed by atoms with Crippen LogP contribution in [0, 0.1) is 18.6 Å². The summed E-state index contributed by atoms with van der Waals surface area (Å²) in [5.41, 5.74) is 2.16. The maximum Gasteiger partial charge on any atom is 0.325 e. The van der Waals surface area contributed by atoms with Gasteiger partial charge in [0, 0.05) is 24.8 Å². The van der Waals surface area contributed by atoms with E-state index in [4.69, 9.17) is 0 Å². The van der Waals surface area contributed by atoms with E-state index in [-0.39, 0.29) is 24.7 Å². The first-order valence-corrected chi connectivity index (χ1v) is 9.41. The fraction of sp³-hybridized carbons (Fsp3) is 0.211. The molecule has 0 spiro atoms. The molecule has 9 heteroatoms. The van der Waals surface area contributed by atoms with E-state index in [0.717, 1.165) is 27.9 Å². The van der Waals surface area contributed by atoms with Crippen molar-refractivity contribution in [3.8, 4) is 0 Å². The summed E-state index contributed by atoms with van der Waals surface area (Å²) >= 11 is 1.36. The molecule has 1 N–H and O–H groups in total. The minimum absolute atomic E-state index is 0.145. The first-order valence-electron chi connectivity index (χ1n) is 8.59. The van der Waals surface area contributed by atoms with E-state index in [0.29, 0.717) is 11.7 Å². The van der Waals surface area contributed by atoms with Gasteiger partial charge in [0.15, 0.2) is 16.8 Å². The Morgan fingerprint density at radius 3 is 2.79 bits per heavy atom. The number of rotatable bonds is 4. The monoisotopic (exact) mass is 402 g/mol. The Labute approximate surface area is 163 Å². The molecule has 1 fully saturated rings. The zero-order valence-corrected chi connectivity index (χ0v) is 15.7. The maximum atomic E-state index is 13.4. The number of nitrogens with one attached hydrogen (secondary N) is 1. The molecule has 1 aliphatic rings. The third-order valence-corrected chi connectivity index (χ3v) is 5.37. The largest absolute Gasteiger partial charge is 0.325 e. The van der Waals surface area contributed by atoms with Crippen molar-refractivity contribution in [3.63, 3.8) is 0 Å². The van der Waals surface area contributed by atoms with Crippen LogP contribution in [0.25, 0.3) is 10.2 Å². The quantitative estimate of drug-likeness (QED) is 0.723. The number of thiazole rings is 1. The van der Waals surface area contributed by atoms with Crippen LogP contribution in [-0.2, 0) is 4.79 Å². The van der Waals surface area contributed by atoms with Gasteiger partial charge in [0.2, 0.25) is 5.91 Å². The van der Waals surface area contributed by atoms with Crippen LogP contribution in [0.1, 0.15) is 5.56 Å². The number of benzene rings is 2. The number of carbonyl (C=O) groups excluding carboxylic acids is 2. The Balaban J connectivity index is 1.41. The molecule has 0 aliphatic carbocycles. The predicted molar refractivity (Wildman–Crippen MR) is 104 cm³/mol. The zero-order chi connectivity index (χ0) is 19.8. The van der Waals surface area contributed by atoms with Gasteiger partial charge in [0.1, 0.15) is 6.54 Å². The summed E-state index contributed by atoms with van der Waals surface area (Å²) < 4.78 is 27.5. The van der Waals surface area contributed by atoms with Crippen molar-refractivity contribution in [2.45, 2.75) is 6.92 Å². The van der Waals surface area contributed by atoms with Crippen molar-refractivity contribution in [1.29, 1.82) is 0 Å². The fourth-order valence-electron chi connectivity index (χ4n) is 3.04. The lowest BCUT2D eigenvalue weighted by Gasteiger charge is -2.18. The molecule has 1 saturated heterocycles. The summed E-state index contributed by atoms with van der Waals surface area (Å²) in [6.45, 7) is 2.44. The molecular weight excluding hydrogens is 386 g/mol. The summed E-state index contributed by atoms with van der Waals surface area (Å²) in [5, 5.41) is 3.18. The van der Waals surface area contributed by atoms with Crippen LogP contribution in [-0.4, -0.2) is 41.5 Å². The van der Waals surface area contributed by atoms with Crippen molar-refractivity contribution >= 4 is 44.3 Å². The highest BCUT2D eigenvalue weighted by Crippen LogP contribution is 2.27. The maximum absolute atomic E-state index is 13.4. The number of halogens is 2. The van der Waals surface area contributed by atoms with Gasteiger partial charge in [-0.05, 0) is 36.8 Å². The molecule has 144 valence electrons. The van der Waals surface area contributed by atoms with E-state index in [1.807, 2.05) is 25.1 Å².